The second kappa shape index (κ2) is 19.9. The maximum atomic E-state index is 10.9. The zero-order valence-electron chi connectivity index (χ0n) is 34.2. The van der Waals surface area contributed by atoms with Gasteiger partial charge in [-0.2, -0.15) is 0 Å². The standard InChI is InChI=1S/C29H21NO4.C25H23NO2/c31-26(32)19-33-23-15-9-14-22(18-23)24-16-7-8-17-25(24)29-30-27(20-10-3-1-4-11-20)28(34-29)21-12-5-2-6-13-21;1-2-3-18-27-22-17-11-10-16-21(22)25-26-23(19-12-6-4-7-13-19)24(28-25)20-14-8-5-9-15-20/h1-18H,19H2,(H,31,32);4-17H,2-3,18H2,1H3. The third-order valence-electron chi connectivity index (χ3n) is 9.96. The van der Waals surface area contributed by atoms with Gasteiger partial charge in [-0.3, -0.25) is 0 Å². The topological polar surface area (TPSA) is 108 Å². The molecule has 0 aliphatic carbocycles. The lowest BCUT2D eigenvalue weighted by Gasteiger charge is -2.09. The number of nitrogens with zero attached hydrogens (tertiary/aromatic N) is 2. The molecule has 0 fully saturated rings. The van der Waals surface area contributed by atoms with E-state index in [-0.39, 0.29) is 0 Å². The van der Waals surface area contributed by atoms with Gasteiger partial charge in [-0.1, -0.05) is 177 Å². The van der Waals surface area contributed by atoms with Gasteiger partial charge in [0.05, 0.1) is 12.2 Å². The Hall–Kier alpha value is -7.97. The summed E-state index contributed by atoms with van der Waals surface area (Å²) in [6.07, 6.45) is 2.11. The second-order valence-electron chi connectivity index (χ2n) is 14.3. The highest BCUT2D eigenvalue weighted by Gasteiger charge is 2.22. The van der Waals surface area contributed by atoms with Crippen molar-refractivity contribution in [2.75, 3.05) is 13.2 Å². The Morgan fingerprint density at radius 1 is 0.500 bits per heavy atom. The van der Waals surface area contributed by atoms with E-state index in [0.717, 1.165) is 80.2 Å². The summed E-state index contributed by atoms with van der Waals surface area (Å²) in [7, 11) is 0. The number of carbonyl (C=O) groups is 1. The summed E-state index contributed by atoms with van der Waals surface area (Å²) in [6.45, 7) is 2.44. The van der Waals surface area contributed by atoms with Crippen LogP contribution in [0.4, 0.5) is 0 Å². The quantitative estimate of drug-likeness (QED) is 0.108. The van der Waals surface area contributed by atoms with Crippen molar-refractivity contribution < 1.29 is 28.2 Å². The number of unbranched alkanes of at least 4 members (excludes halogenated alkanes) is 1. The van der Waals surface area contributed by atoms with Gasteiger partial charge < -0.3 is 23.4 Å². The van der Waals surface area contributed by atoms with Crippen LogP contribution in [0, 0.1) is 0 Å². The number of hydrogen-bond acceptors (Lipinski definition) is 7. The lowest BCUT2D eigenvalue weighted by atomic mass is 9.99. The predicted octanol–water partition coefficient (Wildman–Crippen LogP) is 13.7. The summed E-state index contributed by atoms with van der Waals surface area (Å²) in [5, 5.41) is 8.92. The molecule has 0 saturated heterocycles. The molecule has 1 N–H and O–H groups in total. The van der Waals surface area contributed by atoms with Gasteiger partial charge in [-0.25, -0.2) is 14.8 Å². The van der Waals surface area contributed by atoms with Crippen molar-refractivity contribution in [2.45, 2.75) is 19.8 Å². The van der Waals surface area contributed by atoms with Crippen molar-refractivity contribution in [3.8, 4) is 90.7 Å². The van der Waals surface area contributed by atoms with Gasteiger partial charge in [-0.05, 0) is 47.9 Å². The fraction of sp³-hybridized carbons (Fsp3) is 0.0926. The molecule has 0 aliphatic heterocycles. The number of carboxylic acids is 1. The van der Waals surface area contributed by atoms with Crippen LogP contribution < -0.4 is 9.47 Å². The molecule has 9 aromatic rings. The summed E-state index contributed by atoms with van der Waals surface area (Å²) >= 11 is 0. The summed E-state index contributed by atoms with van der Waals surface area (Å²) < 4.78 is 24.1. The number of aliphatic carboxylic acids is 1. The lowest BCUT2D eigenvalue weighted by molar-refractivity contribution is -0.139. The van der Waals surface area contributed by atoms with E-state index in [4.69, 9.17) is 33.4 Å². The molecule has 0 amide bonds. The van der Waals surface area contributed by atoms with Crippen molar-refractivity contribution in [2.24, 2.45) is 0 Å². The fourth-order valence-electron chi connectivity index (χ4n) is 6.94. The van der Waals surface area contributed by atoms with Crippen LogP contribution in [-0.2, 0) is 4.79 Å². The Bertz CT molecular complexity index is 2720. The van der Waals surface area contributed by atoms with E-state index in [1.54, 1.807) is 6.07 Å². The second-order valence-corrected chi connectivity index (χ2v) is 14.3. The van der Waals surface area contributed by atoms with Gasteiger partial charge in [0.25, 0.3) is 0 Å². The zero-order valence-corrected chi connectivity index (χ0v) is 34.2. The van der Waals surface area contributed by atoms with E-state index >= 15 is 0 Å². The average Bonchev–Trinajstić information content (AvgIpc) is 3.99. The monoisotopic (exact) mass is 816 g/mol. The Morgan fingerprint density at radius 2 is 0.952 bits per heavy atom. The highest BCUT2D eigenvalue weighted by atomic mass is 16.5. The molecule has 0 spiro atoms. The number of hydrogen-bond donors (Lipinski definition) is 1. The highest BCUT2D eigenvalue weighted by molar-refractivity contribution is 5.85. The van der Waals surface area contributed by atoms with Gasteiger partial charge >= 0.3 is 5.97 Å². The Morgan fingerprint density at radius 3 is 1.48 bits per heavy atom. The fourth-order valence-corrected chi connectivity index (χ4v) is 6.94. The van der Waals surface area contributed by atoms with Gasteiger partial charge in [0, 0.05) is 27.8 Å². The van der Waals surface area contributed by atoms with Crippen LogP contribution >= 0.6 is 0 Å². The van der Waals surface area contributed by atoms with Gasteiger partial charge in [-0.15, -0.1) is 0 Å². The van der Waals surface area contributed by atoms with Crippen LogP contribution in [0.15, 0.2) is 203 Å². The van der Waals surface area contributed by atoms with Crippen LogP contribution in [0.1, 0.15) is 19.8 Å². The maximum absolute atomic E-state index is 10.9. The first-order valence-corrected chi connectivity index (χ1v) is 20.6. The van der Waals surface area contributed by atoms with Crippen LogP contribution in [0.2, 0.25) is 0 Å². The molecule has 0 unspecified atom stereocenters. The van der Waals surface area contributed by atoms with E-state index in [9.17, 15) is 4.79 Å². The third kappa shape index (κ3) is 9.73. The van der Waals surface area contributed by atoms with E-state index in [0.29, 0.717) is 29.9 Å². The van der Waals surface area contributed by atoms with E-state index in [2.05, 4.69) is 19.1 Å². The SMILES string of the molecule is CCCCOc1ccccc1-c1nc(-c2ccccc2)c(-c2ccccc2)o1.O=C(O)COc1cccc(-c2ccccc2-c2nc(-c3ccccc3)c(-c3ccccc3)o2)c1. The van der Waals surface area contributed by atoms with Crippen molar-refractivity contribution in [3.63, 3.8) is 0 Å². The molecule has 8 heteroatoms. The largest absolute Gasteiger partial charge is 0.493 e. The molecule has 7 aromatic carbocycles. The van der Waals surface area contributed by atoms with Crippen molar-refractivity contribution in [3.05, 3.63) is 194 Å². The zero-order chi connectivity index (χ0) is 42.5. The average molecular weight is 817 g/mol. The minimum Gasteiger partial charge on any atom is -0.493 e. The van der Waals surface area contributed by atoms with E-state index in [1.807, 2.05) is 176 Å². The molecule has 0 atom stereocenters. The number of oxazole rings is 2. The number of rotatable bonds is 14. The smallest absolute Gasteiger partial charge is 0.341 e. The summed E-state index contributed by atoms with van der Waals surface area (Å²) in [5.41, 5.74) is 9.04. The normalized spacial score (nSPS) is 10.7. The predicted molar refractivity (Wildman–Crippen MR) is 245 cm³/mol. The molecule has 8 nitrogen and oxygen atoms in total. The first-order chi connectivity index (χ1) is 30.6. The number of ether oxygens (including phenoxy) is 2. The first kappa shape index (κ1) is 40.8. The minimum atomic E-state index is -1.02. The van der Waals surface area contributed by atoms with Crippen molar-refractivity contribution >= 4 is 5.97 Å². The minimum absolute atomic E-state index is 0.397. The maximum Gasteiger partial charge on any atom is 0.341 e. The van der Waals surface area contributed by atoms with Gasteiger partial charge in [0.2, 0.25) is 11.8 Å². The Kier molecular flexibility index (Phi) is 13.1. The number of benzene rings is 7. The molecule has 0 saturated carbocycles. The third-order valence-corrected chi connectivity index (χ3v) is 9.96. The van der Waals surface area contributed by atoms with Crippen molar-refractivity contribution in [1.29, 1.82) is 0 Å². The molecule has 2 aromatic heterocycles. The van der Waals surface area contributed by atoms with Crippen LogP contribution in [0.25, 0.3) is 79.2 Å². The van der Waals surface area contributed by atoms with Gasteiger partial charge in [0.1, 0.15) is 22.9 Å². The summed E-state index contributed by atoms with van der Waals surface area (Å²) in [4.78, 5) is 20.7. The molecular weight excluding hydrogens is 773 g/mol. The Balaban J connectivity index is 0.000000174. The molecule has 0 bridgehead atoms. The number of carboxylic acid groups (broad SMARTS) is 1. The number of aromatic nitrogens is 2. The summed E-state index contributed by atoms with van der Waals surface area (Å²) in [6, 6.07) is 63.3. The molecule has 0 radical (unpaired) electrons. The van der Waals surface area contributed by atoms with Crippen LogP contribution in [-0.4, -0.2) is 34.3 Å². The first-order valence-electron chi connectivity index (χ1n) is 20.6. The number of para-hydroxylation sites is 1. The van der Waals surface area contributed by atoms with Crippen molar-refractivity contribution in [1.82, 2.24) is 9.97 Å². The highest BCUT2D eigenvalue weighted by Crippen LogP contribution is 2.41. The Labute approximate surface area is 360 Å². The van der Waals surface area contributed by atoms with Crippen LogP contribution in [0.3, 0.4) is 0 Å². The summed E-state index contributed by atoms with van der Waals surface area (Å²) in [5.74, 6) is 2.82. The van der Waals surface area contributed by atoms with E-state index in [1.165, 1.54) is 0 Å². The van der Waals surface area contributed by atoms with Gasteiger partial charge in [0.15, 0.2) is 18.1 Å². The molecule has 62 heavy (non-hydrogen) atoms. The van der Waals surface area contributed by atoms with Crippen LogP contribution in [0.5, 0.6) is 11.5 Å². The lowest BCUT2D eigenvalue weighted by Crippen LogP contribution is -2.09. The molecule has 2 heterocycles. The van der Waals surface area contributed by atoms with E-state index < -0.39 is 12.6 Å². The molecule has 9 rings (SSSR count). The molecule has 0 aliphatic rings. The molecule has 306 valence electrons. The molecular formula is C54H44N2O6.